The van der Waals surface area contributed by atoms with Crippen molar-refractivity contribution in [3.8, 4) is 51.2 Å². The molecule has 18 nitrogen and oxygen atoms in total. The van der Waals surface area contributed by atoms with E-state index in [2.05, 4.69) is 30.8 Å². The van der Waals surface area contributed by atoms with E-state index in [9.17, 15) is 24.2 Å². The quantitative estimate of drug-likeness (QED) is 0.0715. The summed E-state index contributed by atoms with van der Waals surface area (Å²) >= 11 is 0. The van der Waals surface area contributed by atoms with Crippen molar-refractivity contribution in [3.05, 3.63) is 132 Å². The van der Waals surface area contributed by atoms with Gasteiger partial charge in [0.25, 0.3) is 0 Å². The lowest BCUT2D eigenvalue weighted by atomic mass is 9.94. The van der Waals surface area contributed by atoms with Crippen molar-refractivity contribution in [1.29, 1.82) is 0 Å². The normalized spacial score (nSPS) is 19.9. The number of halogens is 2. The molecule has 0 radical (unpaired) electrons. The number of phenols is 1. The molecular weight excluding hydrogens is 1040 g/mol. The number of nitrogens with zero attached hydrogens (tertiary/aromatic N) is 9. The van der Waals surface area contributed by atoms with E-state index in [-0.39, 0.29) is 61.1 Å². The number of nitrogens with one attached hydrogen (secondary N) is 2. The van der Waals surface area contributed by atoms with Gasteiger partial charge in [0.1, 0.15) is 64.9 Å². The number of aliphatic hydroxyl groups excluding tert-OH is 1. The molecule has 8 aromatic rings. The highest BCUT2D eigenvalue weighted by molar-refractivity contribution is 6.04. The number of aromatic nitrogens is 7. The van der Waals surface area contributed by atoms with Gasteiger partial charge in [-0.25, -0.2) is 13.5 Å². The minimum Gasteiger partial charge on any atom is -0.508 e. The average molecular weight is 1100 g/mol. The van der Waals surface area contributed by atoms with Gasteiger partial charge in [0.15, 0.2) is 5.75 Å². The summed E-state index contributed by atoms with van der Waals surface area (Å²) in [5.74, 6) is -0.865. The number of piperazine rings is 1. The van der Waals surface area contributed by atoms with E-state index in [0.717, 1.165) is 42.4 Å². The highest BCUT2D eigenvalue weighted by Crippen LogP contribution is 2.45. The molecule has 81 heavy (non-hydrogen) atoms. The fourth-order valence-electron chi connectivity index (χ4n) is 12.0. The second kappa shape index (κ2) is 22.4. The maximum Gasteiger partial charge on any atom is 0.319 e. The number of aliphatic hydroxyl groups is 1. The van der Waals surface area contributed by atoms with Crippen LogP contribution in [0.15, 0.2) is 104 Å². The lowest BCUT2D eigenvalue weighted by Crippen LogP contribution is -2.49. The van der Waals surface area contributed by atoms with Gasteiger partial charge >= 0.3 is 6.01 Å². The fraction of sp³-hybridized carbons (Fsp3) is 0.377. The Balaban J connectivity index is 0.813. The van der Waals surface area contributed by atoms with Gasteiger partial charge in [-0.15, -0.1) is 5.10 Å². The van der Waals surface area contributed by atoms with Crippen LogP contribution in [0.1, 0.15) is 82.2 Å². The van der Waals surface area contributed by atoms with E-state index >= 15 is 4.39 Å². The topological polar surface area (TPSA) is 215 Å². The Morgan fingerprint density at radius 1 is 0.914 bits per heavy atom. The molecule has 6 atom stereocenters. The number of β-amino-alcohol motifs (C(OH)–C–C–N with tert-alkyl or cyclic N) is 1. The van der Waals surface area contributed by atoms with Crippen LogP contribution in [0.5, 0.6) is 17.5 Å². The number of carbonyl (C=O) groups excluding carboxylic acids is 2. The Morgan fingerprint density at radius 3 is 2.43 bits per heavy atom. The minimum absolute atomic E-state index is 0.0162. The monoisotopic (exact) mass is 1100 g/mol. The molecule has 418 valence electrons. The second-order valence-corrected chi connectivity index (χ2v) is 21.9. The van der Waals surface area contributed by atoms with Crippen molar-refractivity contribution >= 4 is 39.3 Å². The van der Waals surface area contributed by atoms with E-state index in [1.807, 2.05) is 64.1 Å². The van der Waals surface area contributed by atoms with Crippen molar-refractivity contribution in [1.82, 2.24) is 50.5 Å². The number of phenolic OH excluding ortho intramolecular Hbond substituents is 1. The van der Waals surface area contributed by atoms with Crippen LogP contribution in [0.3, 0.4) is 0 Å². The number of amides is 2. The Morgan fingerprint density at radius 2 is 1.70 bits per heavy atom. The summed E-state index contributed by atoms with van der Waals surface area (Å²) in [5.41, 5.74) is 5.67. The fourth-order valence-corrected chi connectivity index (χ4v) is 12.0. The predicted octanol–water partition coefficient (Wildman–Crippen LogP) is 8.44. The molecule has 0 spiro atoms. The average Bonchev–Trinajstić information content (AvgIpc) is 4.40. The predicted molar refractivity (Wildman–Crippen MR) is 299 cm³/mol. The highest BCUT2D eigenvalue weighted by atomic mass is 19.1. The number of pyridine rings is 2. The molecule has 4 aromatic heterocycles. The maximum atomic E-state index is 15.7. The van der Waals surface area contributed by atoms with Crippen molar-refractivity contribution in [2.75, 3.05) is 37.7 Å². The maximum absolute atomic E-state index is 15.7. The van der Waals surface area contributed by atoms with Crippen LogP contribution < -0.4 is 25.0 Å². The number of anilines is 1. The first kappa shape index (κ1) is 53.4. The minimum atomic E-state index is -0.935. The molecule has 2 bridgehead atoms. The van der Waals surface area contributed by atoms with Gasteiger partial charge in [0, 0.05) is 80.1 Å². The molecule has 4 fully saturated rings. The molecule has 12 rings (SSSR count). The van der Waals surface area contributed by atoms with E-state index < -0.39 is 36.0 Å². The summed E-state index contributed by atoms with van der Waals surface area (Å²) in [7, 11) is 0. The zero-order valence-electron chi connectivity index (χ0n) is 45.4. The number of rotatable bonds is 16. The lowest BCUT2D eigenvalue weighted by Gasteiger charge is -2.30. The number of fused-ring (bicyclic) bond motifs is 4. The third-order valence-corrected chi connectivity index (χ3v) is 16.2. The number of benzene rings is 4. The number of aromatic hydroxyl groups is 1. The summed E-state index contributed by atoms with van der Waals surface area (Å²) in [6.07, 6.45) is 7.88. The molecule has 0 unspecified atom stereocenters. The van der Waals surface area contributed by atoms with Gasteiger partial charge in [-0.3, -0.25) is 19.6 Å². The van der Waals surface area contributed by atoms with Crippen LogP contribution in [-0.4, -0.2) is 125 Å². The van der Waals surface area contributed by atoms with E-state index in [4.69, 9.17) is 29.2 Å². The summed E-state index contributed by atoms with van der Waals surface area (Å²) < 4.78 is 50.8. The van der Waals surface area contributed by atoms with Gasteiger partial charge in [-0.05, 0) is 83.0 Å². The van der Waals surface area contributed by atoms with Gasteiger partial charge in [-0.2, -0.15) is 9.97 Å². The zero-order chi connectivity index (χ0) is 56.1. The molecule has 4 aliphatic rings. The molecule has 0 aliphatic carbocycles. The lowest BCUT2D eigenvalue weighted by molar-refractivity contribution is -0.142. The second-order valence-electron chi connectivity index (χ2n) is 21.9. The van der Waals surface area contributed by atoms with Crippen molar-refractivity contribution in [2.45, 2.75) is 109 Å². The number of hydrogen-bond acceptors (Lipinski definition) is 15. The van der Waals surface area contributed by atoms with Gasteiger partial charge < -0.3 is 44.9 Å². The number of aryl methyl sites for hydroxylation is 1. The van der Waals surface area contributed by atoms with Gasteiger partial charge in [0.05, 0.1) is 43.1 Å². The Hall–Kier alpha value is -8.20. The Kier molecular flexibility index (Phi) is 14.8. The highest BCUT2D eigenvalue weighted by Gasteiger charge is 2.44. The van der Waals surface area contributed by atoms with Crippen LogP contribution >= 0.6 is 0 Å². The molecule has 2 amide bonds. The first-order valence-electron chi connectivity index (χ1n) is 27.8. The third kappa shape index (κ3) is 10.6. The summed E-state index contributed by atoms with van der Waals surface area (Å²) in [6, 6.07) is 21.2. The number of carbonyl (C=O) groups is 2. The SMILES string of the molecule is CCc1c(F)ccc2cc(O)cc(-c3ncc4c(N5C[C@@H]6C[C@H]5CN6)nc(OC5CCOCC5)nc4c3OCc3ccc(-c4cn([C@H](C(=O)N5C[C@H](O)C[C@H]5C(=O)N[C@@H](C)c5ccc(-c6ccncc6F)cc5)C(C)C)nn4)cc3)c12. The summed E-state index contributed by atoms with van der Waals surface area (Å²) in [6.45, 7) is 10.2. The molecule has 4 saturated heterocycles. The number of hydrogen-bond donors (Lipinski definition) is 4. The first-order chi connectivity index (χ1) is 39.3. The molecular formula is C61H63F2N11O7. The Bertz CT molecular complexity index is 3650. The molecule has 4 N–H and O–H groups in total. The summed E-state index contributed by atoms with van der Waals surface area (Å²) in [4.78, 5) is 51.3. The first-order valence-corrected chi connectivity index (χ1v) is 27.8. The standard InChI is InChI=1S/C61H63F2N11O7/c1-5-45-49(62)15-14-39-22-42(75)24-47(53(39)45)54-57(55-48(27-66-54)58(72-29-40-23-41(72)26-65-40)69-61(68-55)81-44-17-20-79-21-18-44)80-32-35-6-8-38(9-7-35)51-31-74(71-70-51)56(33(2)3)60(78)73-30-43(76)25-52(73)59(77)67-34(4)36-10-12-37(13-11-36)46-16-19-64-28-50(46)63/h6-16,19,22,24,27-28,31,33-34,40-41,43-44,52,56,65,75-76H,5,17-18,20-21,23,25-26,29-30,32H2,1-4H3,(H,67,77)/t34-,40-,41-,43+,52-,56-/m0/s1. The van der Waals surface area contributed by atoms with Crippen LogP contribution in [0.25, 0.3) is 55.3 Å². The molecule has 0 saturated carbocycles. The zero-order valence-corrected chi connectivity index (χ0v) is 45.4. The molecule has 4 aromatic carbocycles. The van der Waals surface area contributed by atoms with Gasteiger partial charge in [0.2, 0.25) is 11.8 Å². The Labute approximate surface area is 466 Å². The van der Waals surface area contributed by atoms with E-state index in [1.54, 1.807) is 48.8 Å². The van der Waals surface area contributed by atoms with Crippen LogP contribution in [-0.2, 0) is 27.4 Å². The smallest absolute Gasteiger partial charge is 0.319 e. The third-order valence-electron chi connectivity index (χ3n) is 16.2. The van der Waals surface area contributed by atoms with Crippen molar-refractivity contribution in [3.63, 3.8) is 0 Å². The molecule has 8 heterocycles. The number of likely N-dealkylation sites (tertiary alicyclic amines) is 1. The van der Waals surface area contributed by atoms with Crippen LogP contribution in [0.2, 0.25) is 0 Å². The largest absolute Gasteiger partial charge is 0.508 e. The summed E-state index contributed by atoms with van der Waals surface area (Å²) in [5, 5.41) is 39.5. The van der Waals surface area contributed by atoms with Crippen molar-refractivity contribution in [2.24, 2.45) is 5.92 Å². The molecule has 4 aliphatic heterocycles. The van der Waals surface area contributed by atoms with Crippen molar-refractivity contribution < 1.29 is 42.8 Å². The van der Waals surface area contributed by atoms with E-state index in [1.165, 1.54) is 21.8 Å². The molecule has 20 heteroatoms. The van der Waals surface area contributed by atoms with E-state index in [0.29, 0.717) is 105 Å². The number of ether oxygens (including phenoxy) is 3. The van der Waals surface area contributed by atoms with Gasteiger partial charge in [-0.1, -0.05) is 80.6 Å². The van der Waals surface area contributed by atoms with Crippen LogP contribution in [0.4, 0.5) is 14.6 Å². The van der Waals surface area contributed by atoms with Crippen LogP contribution in [0, 0.1) is 17.6 Å².